The predicted molar refractivity (Wildman–Crippen MR) is 97.0 cm³/mol. The minimum absolute atomic E-state index is 0.115. The van der Waals surface area contributed by atoms with Crippen molar-refractivity contribution in [1.29, 1.82) is 0 Å². The van der Waals surface area contributed by atoms with Gasteiger partial charge in [-0.15, -0.1) is 0 Å². The van der Waals surface area contributed by atoms with E-state index < -0.39 is 0 Å². The fraction of sp³-hybridized carbons (Fsp3) is 0.444. The second-order valence-corrected chi connectivity index (χ2v) is 6.31. The first kappa shape index (κ1) is 17.9. The summed E-state index contributed by atoms with van der Waals surface area (Å²) in [4.78, 5) is 29.9. The van der Waals surface area contributed by atoms with Crippen molar-refractivity contribution in [3.63, 3.8) is 0 Å². The number of nitrogens with one attached hydrogen (secondary N) is 1. The zero-order chi connectivity index (χ0) is 18.5. The Labute approximate surface area is 151 Å². The molecule has 1 aromatic carbocycles. The van der Waals surface area contributed by atoms with Gasteiger partial charge in [0.05, 0.1) is 18.8 Å². The van der Waals surface area contributed by atoms with E-state index in [1.54, 1.807) is 11.5 Å². The van der Waals surface area contributed by atoms with Gasteiger partial charge in [0.25, 0.3) is 0 Å². The minimum atomic E-state index is -0.296. The van der Waals surface area contributed by atoms with Crippen LogP contribution in [-0.2, 0) is 22.7 Å². The molecule has 0 saturated carbocycles. The van der Waals surface area contributed by atoms with Crippen molar-refractivity contribution >= 4 is 11.6 Å². The van der Waals surface area contributed by atoms with Crippen LogP contribution in [0.4, 0.5) is 0 Å². The summed E-state index contributed by atoms with van der Waals surface area (Å²) in [5, 5.41) is 10.9. The lowest BCUT2D eigenvalue weighted by Gasteiger charge is -2.09. The van der Waals surface area contributed by atoms with Gasteiger partial charge in [-0.25, -0.2) is 9.48 Å². The van der Waals surface area contributed by atoms with Gasteiger partial charge < -0.3 is 10.2 Å². The summed E-state index contributed by atoms with van der Waals surface area (Å²) < 4.78 is 2.75. The van der Waals surface area contributed by atoms with E-state index in [2.05, 4.69) is 15.6 Å². The highest BCUT2D eigenvalue weighted by Gasteiger charge is 2.21. The Balaban J connectivity index is 1.57. The molecule has 0 radical (unpaired) electrons. The van der Waals surface area contributed by atoms with Crippen LogP contribution in [0.25, 0.3) is 0 Å². The van der Waals surface area contributed by atoms with E-state index >= 15 is 0 Å². The number of aryl methyl sites for hydroxylation is 1. The zero-order valence-electron chi connectivity index (χ0n) is 15.0. The van der Waals surface area contributed by atoms with E-state index in [9.17, 15) is 9.59 Å². The van der Waals surface area contributed by atoms with Crippen LogP contribution >= 0.6 is 0 Å². The molecule has 0 unspecified atom stereocenters. The van der Waals surface area contributed by atoms with E-state index in [1.807, 2.05) is 37.3 Å². The first-order valence-electron chi connectivity index (χ1n) is 8.73. The summed E-state index contributed by atoms with van der Waals surface area (Å²) >= 11 is 0. The Morgan fingerprint density at radius 2 is 2.12 bits per heavy atom. The van der Waals surface area contributed by atoms with Crippen molar-refractivity contribution in [2.45, 2.75) is 45.9 Å². The molecule has 0 aliphatic carbocycles. The number of oxime groups is 1. The summed E-state index contributed by atoms with van der Waals surface area (Å²) in [5.41, 5.74) is 1.71. The number of nitrogens with zero attached hydrogens (tertiary/aromatic N) is 4. The first-order valence-corrected chi connectivity index (χ1v) is 8.73. The molecule has 138 valence electrons. The molecule has 0 spiro atoms. The van der Waals surface area contributed by atoms with Gasteiger partial charge in [-0.1, -0.05) is 42.4 Å². The second-order valence-electron chi connectivity index (χ2n) is 6.31. The third kappa shape index (κ3) is 4.19. The standard InChI is InChI=1S/C18H23N5O3/c1-3-15-9-16(26-21-15)10-19-17(24)12-23-18(25)22(13(2)20-23)11-14-7-5-4-6-8-14/h4-8,16H,3,9-12H2,1-2H3,(H,19,24)/t16-/m1/s1. The van der Waals surface area contributed by atoms with Gasteiger partial charge in [-0.3, -0.25) is 9.36 Å². The van der Waals surface area contributed by atoms with Crippen molar-refractivity contribution in [3.05, 3.63) is 52.2 Å². The molecule has 8 nitrogen and oxygen atoms in total. The lowest BCUT2D eigenvalue weighted by molar-refractivity contribution is -0.122. The van der Waals surface area contributed by atoms with Gasteiger partial charge in [0, 0.05) is 6.42 Å². The monoisotopic (exact) mass is 357 g/mol. The highest BCUT2D eigenvalue weighted by Crippen LogP contribution is 2.11. The molecule has 3 rings (SSSR count). The quantitative estimate of drug-likeness (QED) is 0.803. The third-order valence-corrected chi connectivity index (χ3v) is 4.31. The van der Waals surface area contributed by atoms with Crippen LogP contribution < -0.4 is 11.0 Å². The van der Waals surface area contributed by atoms with Gasteiger partial charge in [-0.05, 0) is 18.9 Å². The molecule has 0 bridgehead atoms. The average molecular weight is 357 g/mol. The molecule has 1 amide bonds. The van der Waals surface area contributed by atoms with Crippen molar-refractivity contribution in [2.24, 2.45) is 5.16 Å². The molecule has 1 aromatic heterocycles. The maximum Gasteiger partial charge on any atom is 0.346 e. The highest BCUT2D eigenvalue weighted by atomic mass is 16.6. The number of aromatic nitrogens is 3. The van der Waals surface area contributed by atoms with Crippen LogP contribution in [0.15, 0.2) is 40.3 Å². The zero-order valence-corrected chi connectivity index (χ0v) is 15.0. The fourth-order valence-electron chi connectivity index (χ4n) is 2.82. The number of rotatable bonds is 7. The molecule has 26 heavy (non-hydrogen) atoms. The molecular weight excluding hydrogens is 334 g/mol. The molecular formula is C18H23N5O3. The SMILES string of the molecule is CCC1=NO[C@@H](CNC(=O)Cn2nc(C)n(Cc3ccccc3)c2=O)C1. The van der Waals surface area contributed by atoms with Crippen molar-refractivity contribution in [3.8, 4) is 0 Å². The number of carbonyl (C=O) groups is 1. The third-order valence-electron chi connectivity index (χ3n) is 4.31. The summed E-state index contributed by atoms with van der Waals surface area (Å²) in [5.74, 6) is 0.303. The second kappa shape index (κ2) is 7.99. The lowest BCUT2D eigenvalue weighted by atomic mass is 10.1. The number of hydrogen-bond acceptors (Lipinski definition) is 5. The van der Waals surface area contributed by atoms with E-state index in [0.717, 1.165) is 24.1 Å². The summed E-state index contributed by atoms with van der Waals surface area (Å²) in [6.07, 6.45) is 1.43. The Morgan fingerprint density at radius 3 is 2.81 bits per heavy atom. The maximum atomic E-state index is 12.5. The van der Waals surface area contributed by atoms with Crippen LogP contribution in [0.2, 0.25) is 0 Å². The molecule has 1 N–H and O–H groups in total. The number of hydrogen-bond donors (Lipinski definition) is 1. The maximum absolute atomic E-state index is 12.5. The molecule has 1 aliphatic heterocycles. The largest absolute Gasteiger partial charge is 0.390 e. The summed E-state index contributed by atoms with van der Waals surface area (Å²) in [7, 11) is 0. The predicted octanol–water partition coefficient (Wildman–Crippen LogP) is 1.07. The van der Waals surface area contributed by atoms with Gasteiger partial charge in [-0.2, -0.15) is 5.10 Å². The van der Waals surface area contributed by atoms with E-state index in [4.69, 9.17) is 4.84 Å². The molecule has 0 fully saturated rings. The smallest absolute Gasteiger partial charge is 0.346 e. The number of amides is 1. The first-order chi connectivity index (χ1) is 12.6. The Kier molecular flexibility index (Phi) is 5.50. The average Bonchev–Trinajstić information content (AvgIpc) is 3.21. The van der Waals surface area contributed by atoms with Crippen molar-refractivity contribution < 1.29 is 9.63 Å². The number of benzene rings is 1. The van der Waals surface area contributed by atoms with Crippen LogP contribution in [0, 0.1) is 6.92 Å². The molecule has 1 aliphatic rings. The summed E-state index contributed by atoms with van der Waals surface area (Å²) in [6, 6.07) is 9.67. The van der Waals surface area contributed by atoms with Gasteiger partial charge >= 0.3 is 5.69 Å². The van der Waals surface area contributed by atoms with Gasteiger partial charge in [0.2, 0.25) is 5.91 Å². The van der Waals surface area contributed by atoms with E-state index in [1.165, 1.54) is 4.68 Å². The van der Waals surface area contributed by atoms with Crippen LogP contribution in [0.5, 0.6) is 0 Å². The Morgan fingerprint density at radius 1 is 1.35 bits per heavy atom. The molecule has 2 heterocycles. The van der Waals surface area contributed by atoms with Crippen LogP contribution in [-0.4, -0.2) is 38.6 Å². The van der Waals surface area contributed by atoms with E-state index in [-0.39, 0.29) is 24.2 Å². The van der Waals surface area contributed by atoms with Crippen molar-refractivity contribution in [1.82, 2.24) is 19.7 Å². The van der Waals surface area contributed by atoms with Gasteiger partial charge in [0.15, 0.2) is 0 Å². The highest BCUT2D eigenvalue weighted by molar-refractivity contribution is 5.85. The van der Waals surface area contributed by atoms with Crippen LogP contribution in [0.3, 0.4) is 0 Å². The Bertz CT molecular complexity index is 853. The van der Waals surface area contributed by atoms with Crippen LogP contribution in [0.1, 0.15) is 31.2 Å². The minimum Gasteiger partial charge on any atom is -0.390 e. The molecule has 0 saturated heterocycles. The van der Waals surface area contributed by atoms with Gasteiger partial charge in [0.1, 0.15) is 18.5 Å². The number of carbonyl (C=O) groups excluding carboxylic acids is 1. The van der Waals surface area contributed by atoms with Crippen molar-refractivity contribution in [2.75, 3.05) is 6.54 Å². The Hall–Kier alpha value is -2.90. The molecule has 2 aromatic rings. The topological polar surface area (TPSA) is 90.5 Å². The molecule has 1 atom stereocenters. The normalized spacial score (nSPS) is 16.2. The molecule has 8 heteroatoms. The summed E-state index contributed by atoms with van der Waals surface area (Å²) in [6.45, 7) is 4.46. The lowest BCUT2D eigenvalue weighted by Crippen LogP contribution is -2.37. The van der Waals surface area contributed by atoms with E-state index in [0.29, 0.717) is 18.9 Å². The fourth-order valence-corrected chi connectivity index (χ4v) is 2.82.